The van der Waals surface area contributed by atoms with Crippen LogP contribution in [0.5, 0.6) is 17.4 Å². The van der Waals surface area contributed by atoms with E-state index in [9.17, 15) is 5.11 Å². The molecular weight excluding hydrogens is 414 g/mol. The molecule has 3 aromatic rings. The number of rotatable bonds is 7. The molecule has 2 N–H and O–H groups in total. The van der Waals surface area contributed by atoms with Crippen LogP contribution >= 0.6 is 0 Å². The summed E-state index contributed by atoms with van der Waals surface area (Å²) >= 11 is 0. The minimum atomic E-state index is 0.103. The molecule has 176 valence electrons. The lowest BCUT2D eigenvalue weighted by Crippen LogP contribution is -2.38. The highest BCUT2D eigenvalue weighted by Gasteiger charge is 2.22. The third kappa shape index (κ3) is 5.01. The lowest BCUT2D eigenvalue weighted by Gasteiger charge is -2.35. The molecular formula is C27H35N3O3. The second-order valence-corrected chi connectivity index (χ2v) is 9.32. The zero-order chi connectivity index (χ0) is 23.5. The number of fused-ring (bicyclic) bond motifs is 1. The summed E-state index contributed by atoms with van der Waals surface area (Å²) in [6.07, 6.45) is 2.00. The first kappa shape index (κ1) is 23.2. The standard InChI is InChI=1S/C27H35N3O3/c1-6-22(26-21-12-24(32-4)25(33-5)13-23(21)29-27(26)31)28-20-9-7-19(8-10-20)16-30-14-17(2)11-18(3)15-30/h7-10,12-13,17-18,29,31H,6,11,14-16H2,1-5H3. The number of H-pyrrole nitrogens is 1. The van der Waals surface area contributed by atoms with Crippen LogP contribution in [0.15, 0.2) is 41.4 Å². The first-order valence-corrected chi connectivity index (χ1v) is 11.8. The number of piperidine rings is 1. The van der Waals surface area contributed by atoms with E-state index in [0.717, 1.165) is 53.8 Å². The highest BCUT2D eigenvalue weighted by molar-refractivity contribution is 6.14. The maximum absolute atomic E-state index is 10.7. The van der Waals surface area contributed by atoms with Crippen LogP contribution in [0.2, 0.25) is 0 Å². The fraction of sp³-hybridized carbons (Fsp3) is 0.444. The summed E-state index contributed by atoms with van der Waals surface area (Å²) in [7, 11) is 3.21. The molecule has 0 saturated carbocycles. The Morgan fingerprint density at radius 2 is 1.70 bits per heavy atom. The topological polar surface area (TPSA) is 70.1 Å². The molecule has 2 atom stereocenters. The first-order valence-electron chi connectivity index (χ1n) is 11.8. The summed E-state index contributed by atoms with van der Waals surface area (Å²) in [5.74, 6) is 2.84. The van der Waals surface area contributed by atoms with E-state index >= 15 is 0 Å². The van der Waals surface area contributed by atoms with Gasteiger partial charge in [-0.25, -0.2) is 0 Å². The molecule has 33 heavy (non-hydrogen) atoms. The second kappa shape index (κ2) is 9.87. The molecule has 2 heterocycles. The Morgan fingerprint density at radius 1 is 1.06 bits per heavy atom. The fourth-order valence-corrected chi connectivity index (χ4v) is 5.12. The Morgan fingerprint density at radius 3 is 2.30 bits per heavy atom. The van der Waals surface area contributed by atoms with Crippen molar-refractivity contribution >= 4 is 22.3 Å². The van der Waals surface area contributed by atoms with Crippen LogP contribution in [0.4, 0.5) is 5.69 Å². The normalized spacial score (nSPS) is 19.7. The number of aliphatic imine (C=N–C) groups is 1. The number of nitrogens with one attached hydrogen (secondary N) is 1. The van der Waals surface area contributed by atoms with Gasteiger partial charge in [0.2, 0.25) is 0 Å². The van der Waals surface area contributed by atoms with Crippen molar-refractivity contribution in [2.75, 3.05) is 27.3 Å². The molecule has 1 aliphatic heterocycles. The van der Waals surface area contributed by atoms with Crippen LogP contribution in [-0.4, -0.2) is 48.0 Å². The maximum Gasteiger partial charge on any atom is 0.198 e. The first-order chi connectivity index (χ1) is 15.9. The Labute approximate surface area is 196 Å². The van der Waals surface area contributed by atoms with Gasteiger partial charge in [-0.05, 0) is 48.4 Å². The van der Waals surface area contributed by atoms with E-state index in [0.29, 0.717) is 23.5 Å². The molecule has 1 fully saturated rings. The third-order valence-corrected chi connectivity index (χ3v) is 6.46. The number of hydrogen-bond acceptors (Lipinski definition) is 5. The van der Waals surface area contributed by atoms with Gasteiger partial charge in [0.25, 0.3) is 0 Å². The predicted molar refractivity (Wildman–Crippen MR) is 134 cm³/mol. The Balaban J connectivity index is 1.60. The largest absolute Gasteiger partial charge is 0.494 e. The van der Waals surface area contributed by atoms with E-state index in [1.165, 1.54) is 12.0 Å². The molecule has 0 spiro atoms. The van der Waals surface area contributed by atoms with Crippen molar-refractivity contribution in [1.82, 2.24) is 9.88 Å². The number of benzene rings is 2. The molecule has 4 rings (SSSR count). The van der Waals surface area contributed by atoms with E-state index in [1.807, 2.05) is 19.1 Å². The molecule has 0 radical (unpaired) electrons. The van der Waals surface area contributed by atoms with Gasteiger partial charge in [-0.1, -0.05) is 32.9 Å². The summed E-state index contributed by atoms with van der Waals surface area (Å²) < 4.78 is 10.9. The molecule has 0 amide bonds. The molecule has 6 nitrogen and oxygen atoms in total. The van der Waals surface area contributed by atoms with Crippen LogP contribution in [0.3, 0.4) is 0 Å². The van der Waals surface area contributed by atoms with Gasteiger partial charge >= 0.3 is 0 Å². The lowest BCUT2D eigenvalue weighted by atomic mass is 9.91. The third-order valence-electron chi connectivity index (χ3n) is 6.46. The van der Waals surface area contributed by atoms with E-state index in [1.54, 1.807) is 14.2 Å². The molecule has 1 aromatic heterocycles. The van der Waals surface area contributed by atoms with Crippen LogP contribution in [0.1, 0.15) is 44.7 Å². The van der Waals surface area contributed by atoms with E-state index in [4.69, 9.17) is 14.5 Å². The predicted octanol–water partition coefficient (Wildman–Crippen LogP) is 5.90. The zero-order valence-corrected chi connectivity index (χ0v) is 20.3. The Bertz CT molecular complexity index is 1120. The summed E-state index contributed by atoms with van der Waals surface area (Å²) in [4.78, 5) is 10.5. The lowest BCUT2D eigenvalue weighted by molar-refractivity contribution is 0.134. The summed E-state index contributed by atoms with van der Waals surface area (Å²) in [6, 6.07) is 12.2. The SMILES string of the molecule is CCC(=Nc1ccc(CN2CC(C)CC(C)C2)cc1)c1c(O)[nH]c2cc(OC)c(OC)cc12. The average Bonchev–Trinajstić information content (AvgIpc) is 3.11. The summed E-state index contributed by atoms with van der Waals surface area (Å²) in [6.45, 7) is 10.0. The Kier molecular flexibility index (Phi) is 6.94. The number of methoxy groups -OCH3 is 2. The molecule has 6 heteroatoms. The second-order valence-electron chi connectivity index (χ2n) is 9.32. The Hall–Kier alpha value is -2.99. The minimum absolute atomic E-state index is 0.103. The van der Waals surface area contributed by atoms with Crippen molar-refractivity contribution in [1.29, 1.82) is 0 Å². The van der Waals surface area contributed by atoms with Crippen molar-refractivity contribution in [3.05, 3.63) is 47.5 Å². The molecule has 1 aliphatic rings. The van der Waals surface area contributed by atoms with Gasteiger partial charge in [-0.2, -0.15) is 0 Å². The highest BCUT2D eigenvalue weighted by atomic mass is 16.5. The number of likely N-dealkylation sites (tertiary alicyclic amines) is 1. The van der Waals surface area contributed by atoms with Gasteiger partial charge in [0.15, 0.2) is 17.4 Å². The van der Waals surface area contributed by atoms with Gasteiger partial charge in [0.05, 0.1) is 36.7 Å². The molecule has 0 aliphatic carbocycles. The van der Waals surface area contributed by atoms with Gasteiger partial charge in [-0.15, -0.1) is 0 Å². The van der Waals surface area contributed by atoms with E-state index in [-0.39, 0.29) is 5.88 Å². The van der Waals surface area contributed by atoms with Gasteiger partial charge < -0.3 is 19.6 Å². The quantitative estimate of drug-likeness (QED) is 0.441. The van der Waals surface area contributed by atoms with Crippen LogP contribution < -0.4 is 9.47 Å². The smallest absolute Gasteiger partial charge is 0.198 e. The zero-order valence-electron chi connectivity index (χ0n) is 20.3. The average molecular weight is 450 g/mol. The number of aromatic nitrogens is 1. The van der Waals surface area contributed by atoms with Crippen molar-refractivity contribution in [2.24, 2.45) is 16.8 Å². The number of ether oxygens (including phenoxy) is 2. The van der Waals surface area contributed by atoms with Crippen molar-refractivity contribution in [3.8, 4) is 17.4 Å². The molecule has 2 unspecified atom stereocenters. The molecule has 2 aromatic carbocycles. The van der Waals surface area contributed by atoms with E-state index in [2.05, 4.69) is 48.0 Å². The van der Waals surface area contributed by atoms with E-state index < -0.39 is 0 Å². The number of nitrogens with zero attached hydrogens (tertiary/aromatic N) is 2. The van der Waals surface area contributed by atoms with Crippen LogP contribution in [-0.2, 0) is 6.54 Å². The van der Waals surface area contributed by atoms with Crippen molar-refractivity contribution < 1.29 is 14.6 Å². The van der Waals surface area contributed by atoms with Crippen LogP contribution in [0, 0.1) is 11.8 Å². The van der Waals surface area contributed by atoms with Crippen LogP contribution in [0.25, 0.3) is 10.9 Å². The van der Waals surface area contributed by atoms with Crippen molar-refractivity contribution in [2.45, 2.75) is 40.2 Å². The number of hydrogen-bond donors (Lipinski definition) is 2. The molecule has 0 bridgehead atoms. The van der Waals surface area contributed by atoms with Gasteiger partial charge in [0, 0.05) is 31.1 Å². The van der Waals surface area contributed by atoms with Gasteiger partial charge in [-0.3, -0.25) is 9.89 Å². The number of aromatic amines is 1. The maximum atomic E-state index is 10.7. The van der Waals surface area contributed by atoms with Crippen molar-refractivity contribution in [3.63, 3.8) is 0 Å². The minimum Gasteiger partial charge on any atom is -0.494 e. The monoisotopic (exact) mass is 449 g/mol. The summed E-state index contributed by atoms with van der Waals surface area (Å²) in [5.41, 5.74) is 4.48. The van der Waals surface area contributed by atoms with Gasteiger partial charge in [0.1, 0.15) is 0 Å². The molecule has 1 saturated heterocycles. The number of aromatic hydroxyl groups is 1. The highest BCUT2D eigenvalue weighted by Crippen LogP contribution is 2.37. The summed E-state index contributed by atoms with van der Waals surface area (Å²) in [5, 5.41) is 11.5. The fourth-order valence-electron chi connectivity index (χ4n) is 5.12.